The number of imidazole rings is 1. The van der Waals surface area contributed by atoms with Gasteiger partial charge < -0.3 is 19.9 Å². The van der Waals surface area contributed by atoms with Gasteiger partial charge in [0.2, 0.25) is 5.88 Å². The Kier molecular flexibility index (Phi) is 9.20. The van der Waals surface area contributed by atoms with Gasteiger partial charge in [0.15, 0.2) is 5.96 Å². The van der Waals surface area contributed by atoms with Crippen LogP contribution in [0.15, 0.2) is 71.9 Å². The third-order valence-electron chi connectivity index (χ3n) is 5.21. The molecule has 2 N–H and O–H groups in total. The van der Waals surface area contributed by atoms with E-state index in [-0.39, 0.29) is 29.8 Å². The van der Waals surface area contributed by atoms with Crippen molar-refractivity contribution in [1.29, 1.82) is 0 Å². The van der Waals surface area contributed by atoms with E-state index in [1.165, 1.54) is 12.1 Å². The van der Waals surface area contributed by atoms with Gasteiger partial charge >= 0.3 is 0 Å². The molecule has 2 aromatic carbocycles. The summed E-state index contributed by atoms with van der Waals surface area (Å²) in [5, 5.41) is 6.64. The fraction of sp³-hybridized carbons (Fsp3) is 0.240. The number of nitrogens with one attached hydrogen (secondary N) is 2. The summed E-state index contributed by atoms with van der Waals surface area (Å²) in [7, 11) is 1.75. The largest absolute Gasteiger partial charge is 0.439 e. The van der Waals surface area contributed by atoms with Crippen molar-refractivity contribution >= 4 is 41.0 Å². The van der Waals surface area contributed by atoms with E-state index >= 15 is 0 Å². The Bertz CT molecular complexity index is 1220. The molecule has 0 amide bonds. The van der Waals surface area contributed by atoms with Crippen molar-refractivity contribution in [2.45, 2.75) is 26.4 Å². The molecule has 0 saturated heterocycles. The van der Waals surface area contributed by atoms with Gasteiger partial charge in [-0.2, -0.15) is 0 Å². The zero-order chi connectivity index (χ0) is 23.0. The van der Waals surface area contributed by atoms with Gasteiger partial charge in [-0.15, -0.1) is 24.0 Å². The number of pyridine rings is 1. The quantitative estimate of drug-likeness (QED) is 0.134. The van der Waals surface area contributed by atoms with Crippen LogP contribution in [0.5, 0.6) is 11.6 Å². The fourth-order valence-corrected chi connectivity index (χ4v) is 3.53. The first kappa shape index (κ1) is 25.4. The molecule has 9 heteroatoms. The normalized spacial score (nSPS) is 11.2. The first-order valence-corrected chi connectivity index (χ1v) is 10.9. The van der Waals surface area contributed by atoms with Crippen molar-refractivity contribution in [2.24, 2.45) is 4.99 Å². The molecule has 178 valence electrons. The minimum Gasteiger partial charge on any atom is -0.439 e. The van der Waals surface area contributed by atoms with Crippen LogP contribution in [-0.4, -0.2) is 34.1 Å². The molecule has 34 heavy (non-hydrogen) atoms. The number of rotatable bonds is 8. The maximum Gasteiger partial charge on any atom is 0.219 e. The molecule has 2 heterocycles. The molecule has 0 aliphatic heterocycles. The molecular formula is C25H28FIN6O. The molecule has 0 aliphatic rings. The van der Waals surface area contributed by atoms with E-state index in [9.17, 15) is 4.39 Å². The van der Waals surface area contributed by atoms with Crippen LogP contribution in [0.25, 0.3) is 11.0 Å². The Labute approximate surface area is 215 Å². The highest BCUT2D eigenvalue weighted by atomic mass is 127. The number of nitrogens with zero attached hydrogens (tertiary/aromatic N) is 4. The van der Waals surface area contributed by atoms with Crippen LogP contribution in [0.3, 0.4) is 0 Å². The average molecular weight is 574 g/mol. The number of aromatic nitrogens is 3. The molecule has 4 aromatic rings. The van der Waals surface area contributed by atoms with Gasteiger partial charge in [-0.25, -0.2) is 14.4 Å². The van der Waals surface area contributed by atoms with Gasteiger partial charge in [0, 0.05) is 38.9 Å². The minimum absolute atomic E-state index is 0. The van der Waals surface area contributed by atoms with Crippen molar-refractivity contribution in [1.82, 2.24) is 25.2 Å². The predicted octanol–water partition coefficient (Wildman–Crippen LogP) is 5.04. The molecular weight excluding hydrogens is 546 g/mol. The molecule has 0 radical (unpaired) electrons. The summed E-state index contributed by atoms with van der Waals surface area (Å²) < 4.78 is 20.9. The summed E-state index contributed by atoms with van der Waals surface area (Å²) in [6, 6.07) is 17.8. The van der Waals surface area contributed by atoms with E-state index in [0.717, 1.165) is 47.9 Å². The smallest absolute Gasteiger partial charge is 0.219 e. The van der Waals surface area contributed by atoms with Crippen LogP contribution in [0.2, 0.25) is 0 Å². The number of hydrogen-bond donors (Lipinski definition) is 2. The monoisotopic (exact) mass is 574 g/mol. The molecule has 0 atom stereocenters. The molecule has 0 aliphatic carbocycles. The van der Waals surface area contributed by atoms with E-state index in [4.69, 9.17) is 4.74 Å². The average Bonchev–Trinajstić information content (AvgIpc) is 3.16. The van der Waals surface area contributed by atoms with Crippen molar-refractivity contribution in [2.75, 3.05) is 13.6 Å². The van der Waals surface area contributed by atoms with Crippen molar-refractivity contribution in [3.63, 3.8) is 0 Å². The molecule has 2 aromatic heterocycles. The zero-order valence-electron chi connectivity index (χ0n) is 19.2. The number of para-hydroxylation sites is 2. The van der Waals surface area contributed by atoms with E-state index in [0.29, 0.717) is 18.2 Å². The van der Waals surface area contributed by atoms with E-state index in [2.05, 4.69) is 36.2 Å². The summed E-state index contributed by atoms with van der Waals surface area (Å²) in [5.74, 6) is 2.45. The van der Waals surface area contributed by atoms with Gasteiger partial charge in [-0.05, 0) is 55.3 Å². The lowest BCUT2D eigenvalue weighted by molar-refractivity contribution is 0.461. The second-order valence-electron chi connectivity index (χ2n) is 7.57. The maximum atomic E-state index is 13.0. The molecule has 4 rings (SSSR count). The fourth-order valence-electron chi connectivity index (χ4n) is 3.53. The Morgan fingerprint density at radius 1 is 1.06 bits per heavy atom. The summed E-state index contributed by atoms with van der Waals surface area (Å²) in [6.45, 7) is 4.29. The summed E-state index contributed by atoms with van der Waals surface area (Å²) >= 11 is 0. The molecule has 7 nitrogen and oxygen atoms in total. The Hall–Kier alpha value is -3.21. The lowest BCUT2D eigenvalue weighted by Crippen LogP contribution is -2.37. The number of guanidine groups is 1. The zero-order valence-corrected chi connectivity index (χ0v) is 21.5. The Morgan fingerprint density at radius 2 is 1.85 bits per heavy atom. The molecule has 0 saturated carbocycles. The van der Waals surface area contributed by atoms with Crippen LogP contribution in [0.4, 0.5) is 4.39 Å². The SMILES string of the molecule is CN=C(NCCCn1c(C)nc2ccccc21)NCc1ccc(Oc2ccc(F)cc2)nc1.I. The van der Waals surface area contributed by atoms with Crippen molar-refractivity contribution in [3.05, 3.63) is 84.1 Å². The first-order chi connectivity index (χ1) is 16.1. The number of benzene rings is 2. The molecule has 0 unspecified atom stereocenters. The summed E-state index contributed by atoms with van der Waals surface area (Å²) in [5.41, 5.74) is 3.19. The van der Waals surface area contributed by atoms with Crippen LogP contribution in [-0.2, 0) is 13.1 Å². The predicted molar refractivity (Wildman–Crippen MR) is 143 cm³/mol. The van der Waals surface area contributed by atoms with Crippen LogP contribution >= 0.6 is 24.0 Å². The number of hydrogen-bond acceptors (Lipinski definition) is 4. The summed E-state index contributed by atoms with van der Waals surface area (Å²) in [4.78, 5) is 13.2. The van der Waals surface area contributed by atoms with Crippen LogP contribution in [0, 0.1) is 12.7 Å². The number of aryl methyl sites for hydroxylation is 2. The van der Waals surface area contributed by atoms with E-state index < -0.39 is 0 Å². The van der Waals surface area contributed by atoms with Gasteiger partial charge in [-0.1, -0.05) is 18.2 Å². The number of fused-ring (bicyclic) bond motifs is 1. The topological polar surface area (TPSA) is 76.4 Å². The van der Waals surface area contributed by atoms with Crippen LogP contribution in [0.1, 0.15) is 17.8 Å². The Balaban J connectivity index is 0.00000324. The molecule has 0 fully saturated rings. The number of aliphatic imine (C=N–C) groups is 1. The van der Waals surface area contributed by atoms with E-state index in [1.54, 1.807) is 31.4 Å². The third kappa shape index (κ3) is 6.66. The minimum atomic E-state index is -0.302. The second-order valence-corrected chi connectivity index (χ2v) is 7.57. The maximum absolute atomic E-state index is 13.0. The lowest BCUT2D eigenvalue weighted by atomic mass is 10.3. The molecule has 0 spiro atoms. The van der Waals surface area contributed by atoms with Gasteiger partial charge in [0.05, 0.1) is 11.0 Å². The summed E-state index contributed by atoms with van der Waals surface area (Å²) in [6.07, 6.45) is 2.69. The third-order valence-corrected chi connectivity index (χ3v) is 5.21. The standard InChI is InChI=1S/C25H27FN6O.HI/c1-18-31-22-6-3-4-7-23(22)32(18)15-5-14-28-25(27-2)30-17-19-8-13-24(29-16-19)33-21-11-9-20(26)10-12-21;/h3-4,6-13,16H,5,14-15,17H2,1-2H3,(H2,27,28,30);1H. The highest BCUT2D eigenvalue weighted by Crippen LogP contribution is 2.19. The van der Waals surface area contributed by atoms with Gasteiger partial charge in [0.25, 0.3) is 0 Å². The number of halogens is 2. The number of ether oxygens (including phenoxy) is 1. The van der Waals surface area contributed by atoms with E-state index in [1.807, 2.05) is 31.2 Å². The van der Waals surface area contributed by atoms with Crippen molar-refractivity contribution < 1.29 is 9.13 Å². The van der Waals surface area contributed by atoms with Crippen molar-refractivity contribution in [3.8, 4) is 11.6 Å². The highest BCUT2D eigenvalue weighted by Gasteiger charge is 2.06. The highest BCUT2D eigenvalue weighted by molar-refractivity contribution is 14.0. The first-order valence-electron chi connectivity index (χ1n) is 10.9. The van der Waals surface area contributed by atoms with Gasteiger partial charge in [-0.3, -0.25) is 4.99 Å². The van der Waals surface area contributed by atoms with Gasteiger partial charge in [0.1, 0.15) is 17.4 Å². The second kappa shape index (κ2) is 12.3. The molecule has 0 bridgehead atoms. The Morgan fingerprint density at radius 3 is 2.59 bits per heavy atom. The lowest BCUT2D eigenvalue weighted by Gasteiger charge is -2.13. The van der Waals surface area contributed by atoms with Crippen LogP contribution < -0.4 is 15.4 Å².